The molecule has 0 aliphatic carbocycles. The van der Waals surface area contributed by atoms with Crippen molar-refractivity contribution in [3.8, 4) is 6.07 Å². The van der Waals surface area contributed by atoms with Crippen LogP contribution >= 0.6 is 0 Å². The van der Waals surface area contributed by atoms with E-state index in [2.05, 4.69) is 15.6 Å². The topological polar surface area (TPSA) is 77.8 Å². The molecule has 1 aromatic heterocycles. The molecule has 2 N–H and O–H groups in total. The maximum Gasteiger partial charge on any atom is 0.251 e. The number of hydrogen-bond acceptors (Lipinski definition) is 4. The second-order valence-corrected chi connectivity index (χ2v) is 4.66. The van der Waals surface area contributed by atoms with Gasteiger partial charge >= 0.3 is 0 Å². The van der Waals surface area contributed by atoms with Gasteiger partial charge in [0.15, 0.2) is 0 Å². The zero-order valence-corrected chi connectivity index (χ0v) is 11.7. The van der Waals surface area contributed by atoms with Crippen molar-refractivity contribution < 1.29 is 4.79 Å². The van der Waals surface area contributed by atoms with Gasteiger partial charge in [-0.15, -0.1) is 0 Å². The third kappa shape index (κ3) is 4.32. The highest BCUT2D eigenvalue weighted by atomic mass is 16.1. The molecule has 2 aromatic rings. The maximum atomic E-state index is 12.0. The number of amides is 1. The Morgan fingerprint density at radius 3 is 2.67 bits per heavy atom. The van der Waals surface area contributed by atoms with Crippen LogP contribution in [0.15, 0.2) is 48.7 Å². The number of nitriles is 1. The first-order valence-corrected chi connectivity index (χ1v) is 6.65. The summed E-state index contributed by atoms with van der Waals surface area (Å²) < 4.78 is 0. The van der Waals surface area contributed by atoms with Crippen molar-refractivity contribution in [2.45, 2.75) is 13.0 Å². The fraction of sp³-hybridized carbons (Fsp3) is 0.188. The van der Waals surface area contributed by atoms with Gasteiger partial charge in [-0.05, 0) is 43.3 Å². The van der Waals surface area contributed by atoms with Gasteiger partial charge in [0.1, 0.15) is 5.82 Å². The second kappa shape index (κ2) is 7.06. The largest absolute Gasteiger partial charge is 0.368 e. The van der Waals surface area contributed by atoms with E-state index in [9.17, 15) is 4.79 Å². The molecule has 106 valence electrons. The van der Waals surface area contributed by atoms with Crippen molar-refractivity contribution in [3.05, 3.63) is 59.8 Å². The van der Waals surface area contributed by atoms with E-state index in [1.54, 1.807) is 30.5 Å². The first-order chi connectivity index (χ1) is 10.2. The Morgan fingerprint density at radius 1 is 1.29 bits per heavy atom. The molecule has 1 aromatic carbocycles. The number of hydrogen-bond donors (Lipinski definition) is 2. The molecule has 0 radical (unpaired) electrons. The molecule has 5 nitrogen and oxygen atoms in total. The van der Waals surface area contributed by atoms with E-state index in [-0.39, 0.29) is 11.9 Å². The van der Waals surface area contributed by atoms with Gasteiger partial charge in [0.05, 0.1) is 11.6 Å². The average Bonchev–Trinajstić information content (AvgIpc) is 2.54. The Labute approximate surface area is 123 Å². The van der Waals surface area contributed by atoms with Gasteiger partial charge in [-0.3, -0.25) is 4.79 Å². The van der Waals surface area contributed by atoms with Crippen LogP contribution in [-0.2, 0) is 0 Å². The molecule has 1 heterocycles. The minimum absolute atomic E-state index is 0.0462. The molecule has 0 aliphatic heterocycles. The van der Waals surface area contributed by atoms with Gasteiger partial charge in [-0.1, -0.05) is 6.07 Å². The first-order valence-electron chi connectivity index (χ1n) is 6.65. The van der Waals surface area contributed by atoms with Crippen molar-refractivity contribution in [3.63, 3.8) is 0 Å². The zero-order chi connectivity index (χ0) is 15.1. The molecule has 0 aliphatic rings. The molecule has 0 unspecified atom stereocenters. The van der Waals surface area contributed by atoms with Crippen LogP contribution in [-0.4, -0.2) is 23.5 Å². The molecular weight excluding hydrogens is 264 g/mol. The summed E-state index contributed by atoms with van der Waals surface area (Å²) in [5, 5.41) is 14.8. The van der Waals surface area contributed by atoms with Gasteiger partial charge in [0.2, 0.25) is 0 Å². The monoisotopic (exact) mass is 280 g/mol. The van der Waals surface area contributed by atoms with Gasteiger partial charge in [0.25, 0.3) is 5.91 Å². The summed E-state index contributed by atoms with van der Waals surface area (Å²) in [5.41, 5.74) is 1.08. The van der Waals surface area contributed by atoms with Crippen LogP contribution < -0.4 is 10.6 Å². The number of nitrogens with zero attached hydrogens (tertiary/aromatic N) is 2. The lowest BCUT2D eigenvalue weighted by molar-refractivity contribution is 0.0942. The highest BCUT2D eigenvalue weighted by Crippen LogP contribution is 2.04. The number of pyridine rings is 1. The Hall–Kier alpha value is -2.87. The number of carbonyl (C=O) groups excluding carboxylic acids is 1. The van der Waals surface area contributed by atoms with Crippen LogP contribution in [0.5, 0.6) is 0 Å². The summed E-state index contributed by atoms with van der Waals surface area (Å²) in [7, 11) is 0. The lowest BCUT2D eigenvalue weighted by Crippen LogP contribution is -2.37. The van der Waals surface area contributed by atoms with Gasteiger partial charge in [-0.25, -0.2) is 4.98 Å². The lowest BCUT2D eigenvalue weighted by atomic mass is 10.1. The fourth-order valence-corrected chi connectivity index (χ4v) is 1.78. The predicted octanol–water partition coefficient (Wildman–Crippen LogP) is 2.18. The summed E-state index contributed by atoms with van der Waals surface area (Å²) in [5.74, 6) is 0.617. The molecular formula is C16H16N4O. The Bertz CT molecular complexity index is 632. The van der Waals surface area contributed by atoms with Crippen molar-refractivity contribution >= 4 is 11.7 Å². The first kappa shape index (κ1) is 14.5. The molecule has 0 spiro atoms. The lowest BCUT2D eigenvalue weighted by Gasteiger charge is -2.15. The molecule has 5 heteroatoms. The Morgan fingerprint density at radius 2 is 2.05 bits per heavy atom. The SMILES string of the molecule is C[C@H](CNc1ccccn1)NC(=O)c1ccc(C#N)cc1. The third-order valence-electron chi connectivity index (χ3n) is 2.91. The summed E-state index contributed by atoms with van der Waals surface area (Å²) in [6.07, 6.45) is 1.71. The molecule has 0 fully saturated rings. The second-order valence-electron chi connectivity index (χ2n) is 4.66. The summed E-state index contributed by atoms with van der Waals surface area (Å²) in [6, 6.07) is 14.1. The number of nitrogens with one attached hydrogen (secondary N) is 2. The van der Waals surface area contributed by atoms with Crippen molar-refractivity contribution in [1.29, 1.82) is 5.26 Å². The molecule has 0 saturated carbocycles. The number of anilines is 1. The molecule has 21 heavy (non-hydrogen) atoms. The molecule has 2 rings (SSSR count). The smallest absolute Gasteiger partial charge is 0.251 e. The van der Waals surface area contributed by atoms with Crippen LogP contribution in [0.3, 0.4) is 0 Å². The molecule has 0 saturated heterocycles. The van der Waals surface area contributed by atoms with Crippen LogP contribution in [0, 0.1) is 11.3 Å². The van der Waals surface area contributed by atoms with Gasteiger partial charge in [-0.2, -0.15) is 5.26 Å². The van der Waals surface area contributed by atoms with E-state index >= 15 is 0 Å². The van der Waals surface area contributed by atoms with Crippen LogP contribution in [0.2, 0.25) is 0 Å². The van der Waals surface area contributed by atoms with E-state index in [0.717, 1.165) is 5.82 Å². The highest BCUT2D eigenvalue weighted by Gasteiger charge is 2.09. The van der Waals surface area contributed by atoms with Crippen molar-refractivity contribution in [1.82, 2.24) is 10.3 Å². The number of rotatable bonds is 5. The normalized spacial score (nSPS) is 11.2. The third-order valence-corrected chi connectivity index (χ3v) is 2.91. The Balaban J connectivity index is 1.85. The quantitative estimate of drug-likeness (QED) is 0.880. The average molecular weight is 280 g/mol. The van der Waals surface area contributed by atoms with E-state index in [1.807, 2.05) is 31.2 Å². The van der Waals surface area contributed by atoms with E-state index in [4.69, 9.17) is 5.26 Å². The Kier molecular flexibility index (Phi) is 4.89. The summed E-state index contributed by atoms with van der Waals surface area (Å²) in [4.78, 5) is 16.2. The van der Waals surface area contributed by atoms with E-state index in [0.29, 0.717) is 17.7 Å². The van der Waals surface area contributed by atoms with E-state index < -0.39 is 0 Å². The predicted molar refractivity (Wildman–Crippen MR) is 80.8 cm³/mol. The van der Waals surface area contributed by atoms with E-state index in [1.165, 1.54) is 0 Å². The van der Waals surface area contributed by atoms with Crippen molar-refractivity contribution in [2.24, 2.45) is 0 Å². The highest BCUT2D eigenvalue weighted by molar-refractivity contribution is 5.94. The minimum atomic E-state index is -0.158. The maximum absolute atomic E-state index is 12.0. The zero-order valence-electron chi connectivity index (χ0n) is 11.7. The van der Waals surface area contributed by atoms with Crippen LogP contribution in [0.1, 0.15) is 22.8 Å². The minimum Gasteiger partial charge on any atom is -0.368 e. The summed E-state index contributed by atoms with van der Waals surface area (Å²) >= 11 is 0. The number of benzene rings is 1. The van der Waals surface area contributed by atoms with Gasteiger partial charge < -0.3 is 10.6 Å². The molecule has 0 bridgehead atoms. The molecule has 1 amide bonds. The fourth-order valence-electron chi connectivity index (χ4n) is 1.78. The van der Waals surface area contributed by atoms with Crippen LogP contribution in [0.25, 0.3) is 0 Å². The van der Waals surface area contributed by atoms with Gasteiger partial charge in [0, 0.05) is 24.3 Å². The van der Waals surface area contributed by atoms with Crippen LogP contribution in [0.4, 0.5) is 5.82 Å². The molecule has 1 atom stereocenters. The number of aromatic nitrogens is 1. The standard InChI is InChI=1S/C16H16N4O/c1-12(11-19-15-4-2-3-9-18-15)20-16(21)14-7-5-13(10-17)6-8-14/h2-9,12H,11H2,1H3,(H,18,19)(H,20,21)/t12-/m1/s1. The van der Waals surface area contributed by atoms with Crippen molar-refractivity contribution in [2.75, 3.05) is 11.9 Å². The number of carbonyl (C=O) groups is 1. The summed E-state index contributed by atoms with van der Waals surface area (Å²) in [6.45, 7) is 2.50.